The molecule has 1 heterocycles. The first-order valence-corrected chi connectivity index (χ1v) is 7.30. The Labute approximate surface area is 125 Å². The van der Waals surface area contributed by atoms with Crippen molar-refractivity contribution in [3.63, 3.8) is 0 Å². The van der Waals surface area contributed by atoms with E-state index in [-0.39, 0.29) is 12.2 Å². The van der Waals surface area contributed by atoms with Crippen LogP contribution in [0.5, 0.6) is 0 Å². The first kappa shape index (κ1) is 14.3. The molecule has 21 heavy (non-hydrogen) atoms. The quantitative estimate of drug-likeness (QED) is 0.611. The fourth-order valence-electron chi connectivity index (χ4n) is 2.62. The highest BCUT2D eigenvalue weighted by Gasteiger charge is 2.33. The average molecular weight is 284 g/mol. The van der Waals surface area contributed by atoms with Crippen molar-refractivity contribution in [2.45, 2.75) is 38.8 Å². The normalized spacial score (nSPS) is 25.9. The lowest BCUT2D eigenvalue weighted by molar-refractivity contribution is -0.456. The highest BCUT2D eigenvalue weighted by molar-refractivity contribution is 5.83. The molecule has 1 aliphatic rings. The molecule has 3 nitrogen and oxygen atoms in total. The van der Waals surface area contributed by atoms with Crippen LogP contribution in [0.4, 0.5) is 0 Å². The van der Waals surface area contributed by atoms with Crippen LogP contribution < -0.4 is 0 Å². The SMILES string of the molecule is C=C(C)[C@H]1OO[C@H](c2ccc3ccccc3c2)O[C@@H]1CC. The molecule has 3 atom stereocenters. The van der Waals surface area contributed by atoms with E-state index in [1.807, 2.05) is 25.1 Å². The van der Waals surface area contributed by atoms with Crippen molar-refractivity contribution >= 4 is 10.8 Å². The summed E-state index contributed by atoms with van der Waals surface area (Å²) in [5.74, 6) is 0. The van der Waals surface area contributed by atoms with Crippen molar-refractivity contribution in [2.24, 2.45) is 0 Å². The fraction of sp³-hybridized carbons (Fsp3) is 0.333. The maximum atomic E-state index is 6.04. The second-order valence-electron chi connectivity index (χ2n) is 5.48. The Bertz CT molecular complexity index is 650. The number of rotatable bonds is 3. The maximum absolute atomic E-state index is 6.04. The Balaban J connectivity index is 1.84. The summed E-state index contributed by atoms with van der Waals surface area (Å²) in [6.45, 7) is 7.93. The zero-order chi connectivity index (χ0) is 14.8. The van der Waals surface area contributed by atoms with Gasteiger partial charge in [0.2, 0.25) is 6.29 Å². The zero-order valence-corrected chi connectivity index (χ0v) is 12.4. The third-order valence-corrected chi connectivity index (χ3v) is 3.82. The molecule has 1 saturated heterocycles. The molecule has 1 aliphatic heterocycles. The minimum Gasteiger partial charge on any atom is -0.340 e. The van der Waals surface area contributed by atoms with Gasteiger partial charge in [-0.05, 0) is 35.8 Å². The standard InChI is InChI=1S/C18H20O3/c1-4-16-17(12(2)3)20-21-18(19-16)15-10-9-13-7-5-6-8-14(13)11-15/h5-11,16-18H,2,4H2,1,3H3/t16-,17-,18-/m1/s1. The van der Waals surface area contributed by atoms with E-state index in [0.717, 1.165) is 22.9 Å². The maximum Gasteiger partial charge on any atom is 0.217 e. The molecule has 2 aromatic rings. The lowest BCUT2D eigenvalue weighted by Gasteiger charge is -2.35. The topological polar surface area (TPSA) is 27.7 Å². The summed E-state index contributed by atoms with van der Waals surface area (Å²) in [5, 5.41) is 2.36. The summed E-state index contributed by atoms with van der Waals surface area (Å²) in [6, 6.07) is 14.4. The van der Waals surface area contributed by atoms with E-state index in [4.69, 9.17) is 14.5 Å². The van der Waals surface area contributed by atoms with Gasteiger partial charge < -0.3 is 4.74 Å². The second kappa shape index (κ2) is 5.98. The molecule has 3 heteroatoms. The monoisotopic (exact) mass is 284 g/mol. The van der Waals surface area contributed by atoms with E-state index in [9.17, 15) is 0 Å². The van der Waals surface area contributed by atoms with Crippen molar-refractivity contribution in [2.75, 3.05) is 0 Å². The molecular weight excluding hydrogens is 264 g/mol. The molecule has 0 radical (unpaired) electrons. The Morgan fingerprint density at radius 1 is 1.10 bits per heavy atom. The van der Waals surface area contributed by atoms with Gasteiger partial charge in [-0.25, -0.2) is 4.89 Å². The van der Waals surface area contributed by atoms with Crippen molar-refractivity contribution in [3.8, 4) is 0 Å². The molecule has 0 aliphatic carbocycles. The molecule has 3 rings (SSSR count). The first-order valence-electron chi connectivity index (χ1n) is 7.30. The zero-order valence-electron chi connectivity index (χ0n) is 12.4. The summed E-state index contributed by atoms with van der Waals surface area (Å²) in [4.78, 5) is 10.9. The Kier molecular flexibility index (Phi) is 4.06. The van der Waals surface area contributed by atoms with Gasteiger partial charge in [-0.15, -0.1) is 0 Å². The summed E-state index contributed by atoms with van der Waals surface area (Å²) >= 11 is 0. The van der Waals surface area contributed by atoms with Gasteiger partial charge >= 0.3 is 0 Å². The highest BCUT2D eigenvalue weighted by Crippen LogP contribution is 2.32. The lowest BCUT2D eigenvalue weighted by atomic mass is 10.0. The predicted octanol–water partition coefficient (Wildman–Crippen LogP) is 4.54. The van der Waals surface area contributed by atoms with Gasteiger partial charge in [0.1, 0.15) is 6.10 Å². The second-order valence-corrected chi connectivity index (χ2v) is 5.48. The predicted molar refractivity (Wildman–Crippen MR) is 82.6 cm³/mol. The highest BCUT2D eigenvalue weighted by atomic mass is 17.2. The van der Waals surface area contributed by atoms with Crippen LogP contribution >= 0.6 is 0 Å². The van der Waals surface area contributed by atoms with Gasteiger partial charge in [0.25, 0.3) is 0 Å². The summed E-state index contributed by atoms with van der Waals surface area (Å²) in [6.07, 6.45) is 0.125. The molecule has 2 aromatic carbocycles. The van der Waals surface area contributed by atoms with Crippen LogP contribution in [0.2, 0.25) is 0 Å². The number of fused-ring (bicyclic) bond motifs is 1. The van der Waals surface area contributed by atoms with Gasteiger partial charge in [-0.1, -0.05) is 49.9 Å². The molecule has 0 aromatic heterocycles. The van der Waals surface area contributed by atoms with Crippen LogP contribution in [-0.4, -0.2) is 12.2 Å². The van der Waals surface area contributed by atoms with Crippen LogP contribution in [0.15, 0.2) is 54.6 Å². The van der Waals surface area contributed by atoms with E-state index in [1.54, 1.807) is 0 Å². The molecular formula is C18H20O3. The molecule has 0 amide bonds. The smallest absolute Gasteiger partial charge is 0.217 e. The third kappa shape index (κ3) is 2.86. The van der Waals surface area contributed by atoms with Gasteiger partial charge in [0.15, 0.2) is 0 Å². The van der Waals surface area contributed by atoms with Crippen LogP contribution in [-0.2, 0) is 14.5 Å². The lowest BCUT2D eigenvalue weighted by Crippen LogP contribution is -2.39. The van der Waals surface area contributed by atoms with Gasteiger partial charge in [-0.3, -0.25) is 0 Å². The molecule has 0 spiro atoms. The minimum absolute atomic E-state index is 0.0345. The van der Waals surface area contributed by atoms with Crippen LogP contribution in [0, 0.1) is 0 Å². The van der Waals surface area contributed by atoms with Crippen molar-refractivity contribution < 1.29 is 14.5 Å². The average Bonchev–Trinajstić information content (AvgIpc) is 2.53. The van der Waals surface area contributed by atoms with Gasteiger partial charge in [-0.2, -0.15) is 4.89 Å². The molecule has 0 unspecified atom stereocenters. The summed E-state index contributed by atoms with van der Waals surface area (Å²) in [5.41, 5.74) is 1.88. The van der Waals surface area contributed by atoms with Crippen LogP contribution in [0.1, 0.15) is 32.1 Å². The van der Waals surface area contributed by atoms with Gasteiger partial charge in [0, 0.05) is 5.56 Å². The van der Waals surface area contributed by atoms with E-state index >= 15 is 0 Å². The Hall–Kier alpha value is -1.68. The summed E-state index contributed by atoms with van der Waals surface area (Å²) < 4.78 is 6.04. The number of hydrogen-bond donors (Lipinski definition) is 0. The molecule has 0 saturated carbocycles. The summed E-state index contributed by atoms with van der Waals surface area (Å²) in [7, 11) is 0. The fourth-order valence-corrected chi connectivity index (χ4v) is 2.62. The largest absolute Gasteiger partial charge is 0.340 e. The van der Waals surface area contributed by atoms with E-state index < -0.39 is 6.29 Å². The van der Waals surface area contributed by atoms with Crippen LogP contribution in [0.3, 0.4) is 0 Å². The van der Waals surface area contributed by atoms with E-state index in [1.165, 1.54) is 5.39 Å². The molecule has 1 fully saturated rings. The molecule has 110 valence electrons. The molecule has 0 N–H and O–H groups in total. The van der Waals surface area contributed by atoms with Crippen molar-refractivity contribution in [1.82, 2.24) is 0 Å². The van der Waals surface area contributed by atoms with Gasteiger partial charge in [0.05, 0.1) is 6.10 Å². The Morgan fingerprint density at radius 3 is 2.57 bits per heavy atom. The number of hydrogen-bond acceptors (Lipinski definition) is 3. The van der Waals surface area contributed by atoms with E-state index in [0.29, 0.717) is 0 Å². The first-order chi connectivity index (χ1) is 10.2. The molecule has 0 bridgehead atoms. The number of ether oxygens (including phenoxy) is 1. The minimum atomic E-state index is -0.491. The third-order valence-electron chi connectivity index (χ3n) is 3.82. The van der Waals surface area contributed by atoms with Crippen molar-refractivity contribution in [3.05, 3.63) is 60.2 Å². The Morgan fingerprint density at radius 2 is 1.86 bits per heavy atom. The van der Waals surface area contributed by atoms with Crippen LogP contribution in [0.25, 0.3) is 10.8 Å². The van der Waals surface area contributed by atoms with E-state index in [2.05, 4.69) is 37.8 Å². The number of benzene rings is 2. The van der Waals surface area contributed by atoms with Crippen molar-refractivity contribution in [1.29, 1.82) is 0 Å².